The van der Waals surface area contributed by atoms with Crippen molar-refractivity contribution in [2.45, 2.75) is 6.92 Å². The molecule has 0 amide bonds. The Balaban J connectivity index is 1.70. The highest BCUT2D eigenvalue weighted by molar-refractivity contribution is 9.10. The number of methoxy groups -OCH3 is 1. The maximum absolute atomic E-state index is 12.4. The summed E-state index contributed by atoms with van der Waals surface area (Å²) in [5.74, 6) is 0.701. The van der Waals surface area contributed by atoms with Gasteiger partial charge in [-0.15, -0.1) is 11.3 Å². The van der Waals surface area contributed by atoms with Gasteiger partial charge in [0.05, 0.1) is 24.1 Å². The Kier molecular flexibility index (Phi) is 4.72. The van der Waals surface area contributed by atoms with Gasteiger partial charge in [-0.3, -0.25) is 0 Å². The molecule has 0 saturated carbocycles. The van der Waals surface area contributed by atoms with Gasteiger partial charge in [0.15, 0.2) is 5.13 Å². The summed E-state index contributed by atoms with van der Waals surface area (Å²) < 4.78 is 11.6. The van der Waals surface area contributed by atoms with Gasteiger partial charge in [0.2, 0.25) is 0 Å². The molecule has 5 nitrogen and oxygen atoms in total. The van der Waals surface area contributed by atoms with Crippen molar-refractivity contribution < 1.29 is 9.15 Å². The number of anilines is 2. The molecule has 0 atom stereocenters. The second kappa shape index (κ2) is 7.17. The van der Waals surface area contributed by atoms with Gasteiger partial charge < -0.3 is 14.5 Å². The maximum atomic E-state index is 12.4. The molecule has 27 heavy (non-hydrogen) atoms. The van der Waals surface area contributed by atoms with E-state index in [0.717, 1.165) is 21.1 Å². The van der Waals surface area contributed by atoms with E-state index in [-0.39, 0.29) is 0 Å². The van der Waals surface area contributed by atoms with Crippen LogP contribution in [0.5, 0.6) is 5.75 Å². The molecule has 0 spiro atoms. The normalized spacial score (nSPS) is 10.9. The van der Waals surface area contributed by atoms with E-state index in [4.69, 9.17) is 9.15 Å². The molecule has 136 valence electrons. The lowest BCUT2D eigenvalue weighted by atomic mass is 10.1. The number of hydrogen-bond donors (Lipinski definition) is 1. The van der Waals surface area contributed by atoms with Crippen molar-refractivity contribution in [2.24, 2.45) is 0 Å². The third-order valence-electron chi connectivity index (χ3n) is 4.09. The summed E-state index contributed by atoms with van der Waals surface area (Å²) in [4.78, 5) is 16.9. The lowest BCUT2D eigenvalue weighted by Gasteiger charge is -2.06. The van der Waals surface area contributed by atoms with E-state index in [2.05, 4.69) is 26.2 Å². The maximum Gasteiger partial charge on any atom is 0.345 e. The van der Waals surface area contributed by atoms with Crippen LogP contribution in [0.25, 0.3) is 22.2 Å². The fourth-order valence-corrected chi connectivity index (χ4v) is 4.01. The molecule has 2 aromatic carbocycles. The Hall–Kier alpha value is -2.64. The standard InChI is InChI=1S/C20H15BrN2O3S/c1-11-3-5-16(15(21)7-11)22-20-23-17(10-27-20)14-9-12-8-13(25-2)4-6-18(12)26-19(14)24/h3-10H,1-2H3,(H,22,23). The predicted molar refractivity (Wildman–Crippen MR) is 112 cm³/mol. The van der Waals surface area contributed by atoms with E-state index < -0.39 is 5.63 Å². The zero-order valence-corrected chi connectivity index (χ0v) is 17.0. The minimum atomic E-state index is -0.416. The Morgan fingerprint density at radius 1 is 1.19 bits per heavy atom. The molecule has 0 fully saturated rings. The average molecular weight is 443 g/mol. The number of aromatic nitrogens is 1. The first kappa shape index (κ1) is 17.8. The van der Waals surface area contributed by atoms with Crippen molar-refractivity contribution in [3.63, 3.8) is 0 Å². The SMILES string of the molecule is COc1ccc2oc(=O)c(-c3csc(Nc4ccc(C)cc4Br)n3)cc2c1. The molecule has 4 rings (SSSR count). The van der Waals surface area contributed by atoms with Crippen LogP contribution >= 0.6 is 27.3 Å². The Morgan fingerprint density at radius 2 is 2.04 bits per heavy atom. The monoisotopic (exact) mass is 442 g/mol. The van der Waals surface area contributed by atoms with Crippen LogP contribution in [0.2, 0.25) is 0 Å². The lowest BCUT2D eigenvalue weighted by molar-refractivity contribution is 0.415. The molecule has 0 bridgehead atoms. The fraction of sp³-hybridized carbons (Fsp3) is 0.100. The first-order valence-corrected chi connectivity index (χ1v) is 9.82. The number of benzene rings is 2. The molecular weight excluding hydrogens is 428 g/mol. The first-order chi connectivity index (χ1) is 13.0. The Morgan fingerprint density at radius 3 is 2.81 bits per heavy atom. The van der Waals surface area contributed by atoms with E-state index >= 15 is 0 Å². The van der Waals surface area contributed by atoms with Crippen LogP contribution in [0.4, 0.5) is 10.8 Å². The highest BCUT2D eigenvalue weighted by atomic mass is 79.9. The lowest BCUT2D eigenvalue weighted by Crippen LogP contribution is -2.03. The summed E-state index contributed by atoms with van der Waals surface area (Å²) in [6.45, 7) is 2.03. The van der Waals surface area contributed by atoms with Gasteiger partial charge >= 0.3 is 5.63 Å². The van der Waals surface area contributed by atoms with Crippen molar-refractivity contribution in [2.75, 3.05) is 12.4 Å². The highest BCUT2D eigenvalue weighted by Crippen LogP contribution is 2.31. The molecule has 2 aromatic heterocycles. The van der Waals surface area contributed by atoms with Gasteiger partial charge in [0.25, 0.3) is 0 Å². The minimum Gasteiger partial charge on any atom is -0.497 e. The highest BCUT2D eigenvalue weighted by Gasteiger charge is 2.13. The Labute approximate surface area is 167 Å². The first-order valence-electron chi connectivity index (χ1n) is 8.14. The summed E-state index contributed by atoms with van der Waals surface area (Å²) in [5.41, 5.74) is 3.17. The number of fused-ring (bicyclic) bond motifs is 1. The number of aryl methyl sites for hydroxylation is 1. The quantitative estimate of drug-likeness (QED) is 0.408. The summed E-state index contributed by atoms with van der Waals surface area (Å²) >= 11 is 4.97. The number of thiazole rings is 1. The number of nitrogens with zero attached hydrogens (tertiary/aromatic N) is 1. The van der Waals surface area contributed by atoms with Gasteiger partial charge in [-0.25, -0.2) is 9.78 Å². The zero-order valence-electron chi connectivity index (χ0n) is 14.6. The smallest absolute Gasteiger partial charge is 0.345 e. The number of nitrogens with one attached hydrogen (secondary N) is 1. The fourth-order valence-electron chi connectivity index (χ4n) is 2.70. The van der Waals surface area contributed by atoms with E-state index in [1.165, 1.54) is 11.3 Å². The van der Waals surface area contributed by atoms with Gasteiger partial charge in [-0.2, -0.15) is 0 Å². The average Bonchev–Trinajstić information content (AvgIpc) is 3.11. The van der Waals surface area contributed by atoms with E-state index in [9.17, 15) is 4.79 Å². The van der Waals surface area contributed by atoms with Gasteiger partial charge in [-0.1, -0.05) is 6.07 Å². The third kappa shape index (κ3) is 3.61. The van der Waals surface area contributed by atoms with Crippen molar-refractivity contribution in [1.82, 2.24) is 4.98 Å². The van der Waals surface area contributed by atoms with Crippen LogP contribution in [0.1, 0.15) is 5.56 Å². The molecule has 0 radical (unpaired) electrons. The number of hydrogen-bond acceptors (Lipinski definition) is 6. The summed E-state index contributed by atoms with van der Waals surface area (Å²) in [6, 6.07) is 13.1. The number of halogens is 1. The second-order valence-corrected chi connectivity index (χ2v) is 7.71. The molecule has 0 aliphatic rings. The van der Waals surface area contributed by atoms with Crippen molar-refractivity contribution in [3.05, 3.63) is 68.3 Å². The summed E-state index contributed by atoms with van der Waals surface area (Å²) in [7, 11) is 1.60. The molecule has 0 aliphatic heterocycles. The second-order valence-electron chi connectivity index (χ2n) is 6.00. The van der Waals surface area contributed by atoms with Crippen molar-refractivity contribution in [1.29, 1.82) is 0 Å². The molecule has 0 saturated heterocycles. The number of rotatable bonds is 4. The topological polar surface area (TPSA) is 64.4 Å². The molecule has 1 N–H and O–H groups in total. The molecule has 4 aromatic rings. The molecule has 0 aliphatic carbocycles. The van der Waals surface area contributed by atoms with Gasteiger partial charge in [0, 0.05) is 15.2 Å². The Bertz CT molecular complexity index is 1200. The van der Waals surface area contributed by atoms with Crippen molar-refractivity contribution >= 4 is 49.1 Å². The van der Waals surface area contributed by atoms with Gasteiger partial charge in [-0.05, 0) is 64.8 Å². The van der Waals surface area contributed by atoms with Crippen LogP contribution in [0.15, 0.2) is 61.5 Å². The van der Waals surface area contributed by atoms with Crippen LogP contribution < -0.4 is 15.7 Å². The zero-order chi connectivity index (χ0) is 19.0. The summed E-state index contributed by atoms with van der Waals surface area (Å²) in [5, 5.41) is 6.59. The van der Waals surface area contributed by atoms with Crippen molar-refractivity contribution in [3.8, 4) is 17.0 Å². The largest absolute Gasteiger partial charge is 0.497 e. The van der Waals surface area contributed by atoms with Gasteiger partial charge in [0.1, 0.15) is 11.3 Å². The molecule has 2 heterocycles. The number of ether oxygens (including phenoxy) is 1. The molecule has 7 heteroatoms. The van der Waals surface area contributed by atoms with Crippen LogP contribution in [0.3, 0.4) is 0 Å². The minimum absolute atomic E-state index is 0.416. The van der Waals surface area contributed by atoms with E-state index in [1.54, 1.807) is 25.3 Å². The van der Waals surface area contributed by atoms with Crippen LogP contribution in [0, 0.1) is 6.92 Å². The third-order valence-corrected chi connectivity index (χ3v) is 5.50. The summed E-state index contributed by atoms with van der Waals surface area (Å²) in [6.07, 6.45) is 0. The van der Waals surface area contributed by atoms with E-state index in [0.29, 0.717) is 27.7 Å². The van der Waals surface area contributed by atoms with Crippen LogP contribution in [-0.4, -0.2) is 12.1 Å². The predicted octanol–water partition coefficient (Wildman–Crippen LogP) is 5.74. The van der Waals surface area contributed by atoms with E-state index in [1.807, 2.05) is 36.6 Å². The molecule has 0 unspecified atom stereocenters. The molecular formula is C20H15BrN2O3S. The van der Waals surface area contributed by atoms with Crippen LogP contribution in [-0.2, 0) is 0 Å².